The predicted molar refractivity (Wildman–Crippen MR) is 128 cm³/mol. The molecule has 1 atom stereocenters. The molecule has 0 radical (unpaired) electrons. The summed E-state index contributed by atoms with van der Waals surface area (Å²) in [6, 6.07) is 22.3. The fourth-order valence-electron chi connectivity index (χ4n) is 3.50. The van der Waals surface area contributed by atoms with Crippen LogP contribution in [0.2, 0.25) is 0 Å². The van der Waals surface area contributed by atoms with E-state index in [0.717, 1.165) is 23.3 Å². The number of nitrogens with one attached hydrogen (secondary N) is 1. The second-order valence-electron chi connectivity index (χ2n) is 8.49. The van der Waals surface area contributed by atoms with E-state index < -0.39 is 0 Å². The highest BCUT2D eigenvalue weighted by molar-refractivity contribution is 5.94. The van der Waals surface area contributed by atoms with Crippen molar-refractivity contribution in [1.82, 2.24) is 5.32 Å². The van der Waals surface area contributed by atoms with E-state index in [-0.39, 0.29) is 11.9 Å². The van der Waals surface area contributed by atoms with E-state index in [1.54, 1.807) is 0 Å². The van der Waals surface area contributed by atoms with Gasteiger partial charge in [0.2, 0.25) is 0 Å². The summed E-state index contributed by atoms with van der Waals surface area (Å²) in [5.41, 5.74) is 6.61. The number of hydrogen-bond acceptors (Lipinski definition) is 2. The number of rotatable bonds is 8. The molecule has 0 heterocycles. The van der Waals surface area contributed by atoms with Crippen LogP contribution >= 0.6 is 0 Å². The third kappa shape index (κ3) is 5.97. The molecule has 3 rings (SSSR count). The highest BCUT2D eigenvalue weighted by Gasteiger charge is 2.14. The highest BCUT2D eigenvalue weighted by Crippen LogP contribution is 2.22. The van der Waals surface area contributed by atoms with Gasteiger partial charge in [0.1, 0.15) is 12.4 Å². The zero-order chi connectivity index (χ0) is 22.4. The van der Waals surface area contributed by atoms with Crippen molar-refractivity contribution >= 4 is 5.91 Å². The van der Waals surface area contributed by atoms with Crippen LogP contribution in [0, 0.1) is 13.8 Å². The number of amides is 1. The maximum atomic E-state index is 12.8. The van der Waals surface area contributed by atoms with E-state index in [9.17, 15) is 4.79 Å². The lowest BCUT2D eigenvalue weighted by atomic mass is 9.98. The number of carbonyl (C=O) groups excluding carboxylic acids is 1. The zero-order valence-electron chi connectivity index (χ0n) is 19.2. The van der Waals surface area contributed by atoms with Crippen LogP contribution in [-0.4, -0.2) is 5.91 Å². The Hall–Kier alpha value is -3.07. The molecular weight excluding hydrogens is 382 g/mol. The van der Waals surface area contributed by atoms with E-state index in [1.807, 2.05) is 30.3 Å². The highest BCUT2D eigenvalue weighted by atomic mass is 16.5. The van der Waals surface area contributed by atoms with E-state index in [0.29, 0.717) is 18.1 Å². The number of carbonyl (C=O) groups is 1. The van der Waals surface area contributed by atoms with E-state index >= 15 is 0 Å². The molecule has 162 valence electrons. The fraction of sp³-hybridized carbons (Fsp3) is 0.321. The minimum atomic E-state index is -0.0542. The Labute approximate surface area is 186 Å². The van der Waals surface area contributed by atoms with Crippen molar-refractivity contribution in [3.63, 3.8) is 0 Å². The van der Waals surface area contributed by atoms with Crippen molar-refractivity contribution in [2.24, 2.45) is 0 Å². The summed E-state index contributed by atoms with van der Waals surface area (Å²) >= 11 is 0. The maximum absolute atomic E-state index is 12.8. The lowest BCUT2D eigenvalue weighted by Gasteiger charge is -2.18. The van der Waals surface area contributed by atoms with Crippen LogP contribution in [0.4, 0.5) is 0 Å². The van der Waals surface area contributed by atoms with Gasteiger partial charge in [0.15, 0.2) is 0 Å². The van der Waals surface area contributed by atoms with Crippen molar-refractivity contribution in [1.29, 1.82) is 0 Å². The molecule has 0 bridgehead atoms. The normalized spacial score (nSPS) is 11.9. The Kier molecular flexibility index (Phi) is 7.51. The summed E-state index contributed by atoms with van der Waals surface area (Å²) in [5.74, 6) is 1.31. The largest absolute Gasteiger partial charge is 0.489 e. The maximum Gasteiger partial charge on any atom is 0.251 e. The zero-order valence-corrected chi connectivity index (χ0v) is 19.2. The SMILES string of the molecule is CC[C@H](NC(=O)c1ccc(COc2ccc(C)c(C)c2)cc1)c1ccc(C(C)C)cc1. The van der Waals surface area contributed by atoms with Gasteiger partial charge < -0.3 is 10.1 Å². The molecule has 0 aliphatic rings. The van der Waals surface area contributed by atoms with Gasteiger partial charge in [-0.25, -0.2) is 0 Å². The first-order valence-corrected chi connectivity index (χ1v) is 11.1. The van der Waals surface area contributed by atoms with Crippen LogP contribution < -0.4 is 10.1 Å². The summed E-state index contributed by atoms with van der Waals surface area (Å²) in [5, 5.41) is 3.17. The molecule has 31 heavy (non-hydrogen) atoms. The van der Waals surface area contributed by atoms with Crippen molar-refractivity contribution in [2.45, 2.75) is 59.6 Å². The average molecular weight is 416 g/mol. The van der Waals surface area contributed by atoms with Crippen molar-refractivity contribution in [2.75, 3.05) is 0 Å². The second-order valence-corrected chi connectivity index (χ2v) is 8.49. The molecule has 1 amide bonds. The first-order chi connectivity index (χ1) is 14.9. The number of benzene rings is 3. The monoisotopic (exact) mass is 415 g/mol. The van der Waals surface area contributed by atoms with Gasteiger partial charge in [0, 0.05) is 5.56 Å². The summed E-state index contributed by atoms with van der Waals surface area (Å²) in [6.45, 7) is 11.1. The van der Waals surface area contributed by atoms with Crippen LogP contribution in [0.5, 0.6) is 5.75 Å². The lowest BCUT2D eigenvalue weighted by molar-refractivity contribution is 0.0935. The Morgan fingerprint density at radius 1 is 0.871 bits per heavy atom. The van der Waals surface area contributed by atoms with E-state index in [1.165, 1.54) is 16.7 Å². The molecule has 0 saturated carbocycles. The number of ether oxygens (including phenoxy) is 1. The van der Waals surface area contributed by atoms with Crippen molar-refractivity contribution in [3.8, 4) is 5.75 Å². The van der Waals surface area contributed by atoms with Crippen molar-refractivity contribution in [3.05, 3.63) is 100 Å². The number of aryl methyl sites for hydroxylation is 2. The predicted octanol–water partition coefficient (Wildman–Crippen LogP) is 6.89. The first kappa shape index (κ1) is 22.6. The van der Waals surface area contributed by atoms with Crippen LogP contribution in [0.3, 0.4) is 0 Å². The number of hydrogen-bond donors (Lipinski definition) is 1. The van der Waals surface area contributed by atoms with E-state index in [4.69, 9.17) is 4.74 Å². The lowest BCUT2D eigenvalue weighted by Crippen LogP contribution is -2.28. The molecule has 1 N–H and O–H groups in total. The van der Waals surface area contributed by atoms with Crippen LogP contribution in [-0.2, 0) is 6.61 Å². The van der Waals surface area contributed by atoms with Crippen LogP contribution in [0.25, 0.3) is 0 Å². The topological polar surface area (TPSA) is 38.3 Å². The van der Waals surface area contributed by atoms with Crippen molar-refractivity contribution < 1.29 is 9.53 Å². The Morgan fingerprint density at radius 3 is 2.10 bits per heavy atom. The summed E-state index contributed by atoms with van der Waals surface area (Å²) < 4.78 is 5.89. The smallest absolute Gasteiger partial charge is 0.251 e. The molecule has 3 aromatic carbocycles. The van der Waals surface area contributed by atoms with Gasteiger partial charge in [-0.15, -0.1) is 0 Å². The molecule has 0 aliphatic carbocycles. The van der Waals surface area contributed by atoms with E-state index in [2.05, 4.69) is 76.3 Å². The molecule has 0 unspecified atom stereocenters. The Bertz CT molecular complexity index is 1000. The van der Waals surface area contributed by atoms with Gasteiger partial charge in [-0.2, -0.15) is 0 Å². The molecule has 0 fully saturated rings. The van der Waals surface area contributed by atoms with Gasteiger partial charge in [0.05, 0.1) is 6.04 Å². The molecular formula is C28H33NO2. The summed E-state index contributed by atoms with van der Waals surface area (Å²) in [6.07, 6.45) is 0.842. The van der Waals surface area contributed by atoms with Crippen LogP contribution in [0.1, 0.15) is 77.3 Å². The minimum absolute atomic E-state index is 0.00139. The Morgan fingerprint density at radius 2 is 1.52 bits per heavy atom. The third-order valence-electron chi connectivity index (χ3n) is 5.82. The van der Waals surface area contributed by atoms with Gasteiger partial charge in [-0.05, 0) is 78.3 Å². The van der Waals surface area contributed by atoms with Gasteiger partial charge in [-0.3, -0.25) is 4.79 Å². The molecule has 3 heteroatoms. The molecule has 3 nitrogen and oxygen atoms in total. The molecule has 3 aromatic rings. The third-order valence-corrected chi connectivity index (χ3v) is 5.82. The molecule has 0 aromatic heterocycles. The molecule has 0 saturated heterocycles. The molecule has 0 aliphatic heterocycles. The Balaban J connectivity index is 1.60. The summed E-state index contributed by atoms with van der Waals surface area (Å²) in [7, 11) is 0. The fourth-order valence-corrected chi connectivity index (χ4v) is 3.50. The minimum Gasteiger partial charge on any atom is -0.489 e. The quantitative estimate of drug-likeness (QED) is 0.435. The average Bonchev–Trinajstić information content (AvgIpc) is 2.78. The van der Waals surface area contributed by atoms with Gasteiger partial charge in [0.25, 0.3) is 5.91 Å². The van der Waals surface area contributed by atoms with Crippen LogP contribution in [0.15, 0.2) is 66.7 Å². The van der Waals surface area contributed by atoms with Gasteiger partial charge in [-0.1, -0.05) is 63.2 Å². The molecule has 0 spiro atoms. The standard InChI is InChI=1S/C28H33NO2/c1-6-27(24-14-12-23(13-15-24)19(2)3)29-28(30)25-10-8-22(9-11-25)18-31-26-16-7-20(4)21(5)17-26/h7-17,19,27H,6,18H2,1-5H3,(H,29,30)/t27-/m0/s1. The first-order valence-electron chi connectivity index (χ1n) is 11.1. The van der Waals surface area contributed by atoms with Gasteiger partial charge >= 0.3 is 0 Å². The second kappa shape index (κ2) is 10.3. The summed E-state index contributed by atoms with van der Waals surface area (Å²) in [4.78, 5) is 12.8.